The molecular formula is C15H16BrClN2O. The first-order chi connectivity index (χ1) is 8.87. The molecule has 1 aromatic heterocycles. The number of ketones is 1. The number of hydrogen-bond acceptors (Lipinski definition) is 3. The zero-order valence-electron chi connectivity index (χ0n) is 11.4. The first-order valence-corrected chi connectivity index (χ1v) is 7.07. The zero-order valence-corrected chi connectivity index (χ0v) is 13.8. The number of hydrogen-bond donors (Lipinski definition) is 1. The molecule has 106 valence electrons. The van der Waals surface area contributed by atoms with Gasteiger partial charge in [-0.05, 0) is 30.0 Å². The fourth-order valence-corrected chi connectivity index (χ4v) is 3.15. The van der Waals surface area contributed by atoms with Gasteiger partial charge < -0.3 is 5.73 Å². The van der Waals surface area contributed by atoms with Crippen LogP contribution in [-0.2, 0) is 6.42 Å². The Hall–Kier alpha value is -1.13. The van der Waals surface area contributed by atoms with E-state index in [1.807, 2.05) is 18.2 Å². The minimum absolute atomic E-state index is 0. The molecule has 0 unspecified atom stereocenters. The van der Waals surface area contributed by atoms with Crippen LogP contribution in [0.15, 0.2) is 22.7 Å². The molecule has 0 atom stereocenters. The van der Waals surface area contributed by atoms with Crippen molar-refractivity contribution < 1.29 is 4.79 Å². The Balaban J connectivity index is 0.00000147. The molecule has 1 heterocycles. The molecule has 0 fully saturated rings. The molecule has 3 rings (SSSR count). The van der Waals surface area contributed by atoms with Crippen LogP contribution in [0.3, 0.4) is 0 Å². The predicted molar refractivity (Wildman–Crippen MR) is 87.5 cm³/mol. The number of nitrogens with two attached hydrogens (primary N) is 1. The first-order valence-electron chi connectivity index (χ1n) is 6.28. The molecule has 0 saturated carbocycles. The normalized spacial score (nSPS) is 16.6. The summed E-state index contributed by atoms with van der Waals surface area (Å²) < 4.78 is 0.942. The van der Waals surface area contributed by atoms with E-state index >= 15 is 0 Å². The van der Waals surface area contributed by atoms with Crippen LogP contribution in [-0.4, -0.2) is 10.8 Å². The summed E-state index contributed by atoms with van der Waals surface area (Å²) in [5.41, 5.74) is 9.06. The largest absolute Gasteiger partial charge is 0.398 e. The smallest absolute Gasteiger partial charge is 0.167 e. The van der Waals surface area contributed by atoms with E-state index in [9.17, 15) is 4.79 Å². The third-order valence-electron chi connectivity index (χ3n) is 3.63. The second-order valence-electron chi connectivity index (χ2n) is 5.95. The number of rotatable bonds is 0. The minimum atomic E-state index is -0.0352. The summed E-state index contributed by atoms with van der Waals surface area (Å²) in [5, 5.41) is 0.848. The van der Waals surface area contributed by atoms with E-state index in [4.69, 9.17) is 5.73 Å². The summed E-state index contributed by atoms with van der Waals surface area (Å²) in [4.78, 5) is 17.0. The van der Waals surface area contributed by atoms with Crippen LogP contribution < -0.4 is 5.73 Å². The highest BCUT2D eigenvalue weighted by molar-refractivity contribution is 9.10. The molecule has 0 amide bonds. The summed E-state index contributed by atoms with van der Waals surface area (Å²) in [6.45, 7) is 4.19. The highest BCUT2D eigenvalue weighted by Crippen LogP contribution is 2.38. The van der Waals surface area contributed by atoms with Gasteiger partial charge in [-0.3, -0.25) is 9.78 Å². The number of fused-ring (bicyclic) bond motifs is 2. The van der Waals surface area contributed by atoms with Crippen molar-refractivity contribution in [1.29, 1.82) is 0 Å². The van der Waals surface area contributed by atoms with Crippen molar-refractivity contribution in [3.63, 3.8) is 0 Å². The van der Waals surface area contributed by atoms with Gasteiger partial charge in [-0.15, -0.1) is 12.4 Å². The molecule has 5 heteroatoms. The standard InChI is InChI=1S/C15H15BrN2O.ClH/c1-15(2)6-11-13(12(19)7-15)14(17)9-5-8(16)3-4-10(9)18-11;/h3-5H,6-7H2,1-2H3,(H2,17,18);1H. The Labute approximate surface area is 132 Å². The summed E-state index contributed by atoms with van der Waals surface area (Å²) >= 11 is 3.43. The van der Waals surface area contributed by atoms with Gasteiger partial charge >= 0.3 is 0 Å². The fraction of sp³-hybridized carbons (Fsp3) is 0.333. The van der Waals surface area contributed by atoms with Gasteiger partial charge in [0.25, 0.3) is 0 Å². The second-order valence-corrected chi connectivity index (χ2v) is 6.87. The highest BCUT2D eigenvalue weighted by Gasteiger charge is 2.33. The van der Waals surface area contributed by atoms with Crippen LogP contribution in [0.25, 0.3) is 10.9 Å². The van der Waals surface area contributed by atoms with Crippen LogP contribution in [0.1, 0.15) is 36.3 Å². The maximum atomic E-state index is 12.3. The number of carbonyl (C=O) groups is 1. The van der Waals surface area contributed by atoms with Gasteiger partial charge in [-0.2, -0.15) is 0 Å². The Morgan fingerprint density at radius 3 is 2.70 bits per heavy atom. The average molecular weight is 356 g/mol. The average Bonchev–Trinajstić information content (AvgIpc) is 2.28. The molecule has 0 aliphatic heterocycles. The van der Waals surface area contributed by atoms with Crippen LogP contribution in [0.5, 0.6) is 0 Å². The lowest BCUT2D eigenvalue weighted by Crippen LogP contribution is -2.28. The summed E-state index contributed by atoms with van der Waals surface area (Å²) in [5.74, 6) is 0.109. The Morgan fingerprint density at radius 1 is 1.30 bits per heavy atom. The maximum Gasteiger partial charge on any atom is 0.167 e. The van der Waals surface area contributed by atoms with Crippen molar-refractivity contribution in [2.45, 2.75) is 26.7 Å². The van der Waals surface area contributed by atoms with Crippen LogP contribution in [0, 0.1) is 5.41 Å². The summed E-state index contributed by atoms with van der Waals surface area (Å²) in [7, 11) is 0. The van der Waals surface area contributed by atoms with Crippen LogP contribution in [0.4, 0.5) is 5.69 Å². The molecule has 0 bridgehead atoms. The monoisotopic (exact) mass is 354 g/mol. The lowest BCUT2D eigenvalue weighted by Gasteiger charge is -2.30. The Kier molecular flexibility index (Phi) is 3.82. The van der Waals surface area contributed by atoms with Crippen molar-refractivity contribution in [1.82, 2.24) is 4.98 Å². The molecule has 1 aromatic carbocycles. The van der Waals surface area contributed by atoms with E-state index < -0.39 is 0 Å². The van der Waals surface area contributed by atoms with E-state index in [1.165, 1.54) is 0 Å². The Morgan fingerprint density at radius 2 is 2.00 bits per heavy atom. The van der Waals surface area contributed by atoms with E-state index in [0.29, 0.717) is 17.7 Å². The fourth-order valence-electron chi connectivity index (χ4n) is 2.79. The molecule has 2 aromatic rings. The quantitative estimate of drug-likeness (QED) is 0.772. The first kappa shape index (κ1) is 15.3. The predicted octanol–water partition coefficient (Wildman–Crippen LogP) is 4.16. The molecule has 20 heavy (non-hydrogen) atoms. The second kappa shape index (κ2) is 5.01. The lowest BCUT2D eigenvalue weighted by atomic mass is 9.75. The molecule has 1 aliphatic carbocycles. The van der Waals surface area contributed by atoms with Crippen molar-refractivity contribution in [2.75, 3.05) is 5.73 Å². The van der Waals surface area contributed by atoms with Gasteiger partial charge in [0.05, 0.1) is 22.5 Å². The number of pyridine rings is 1. The van der Waals surface area contributed by atoms with Crippen molar-refractivity contribution >= 4 is 50.7 Å². The van der Waals surface area contributed by atoms with Gasteiger partial charge in [0.2, 0.25) is 0 Å². The van der Waals surface area contributed by atoms with Crippen LogP contribution >= 0.6 is 28.3 Å². The van der Waals surface area contributed by atoms with Gasteiger partial charge in [-0.25, -0.2) is 0 Å². The molecular weight excluding hydrogens is 340 g/mol. The minimum Gasteiger partial charge on any atom is -0.398 e. The number of halogens is 2. The number of benzene rings is 1. The molecule has 2 N–H and O–H groups in total. The molecule has 3 nitrogen and oxygen atoms in total. The van der Waals surface area contributed by atoms with E-state index in [1.54, 1.807) is 0 Å². The van der Waals surface area contributed by atoms with E-state index in [0.717, 1.165) is 27.5 Å². The van der Waals surface area contributed by atoms with Crippen molar-refractivity contribution in [3.05, 3.63) is 33.9 Å². The Bertz CT molecular complexity index is 713. The van der Waals surface area contributed by atoms with E-state index in [-0.39, 0.29) is 23.6 Å². The maximum absolute atomic E-state index is 12.3. The molecule has 0 spiro atoms. The summed E-state index contributed by atoms with van der Waals surface area (Å²) in [6, 6.07) is 5.80. The molecule has 1 aliphatic rings. The SMILES string of the molecule is CC1(C)CC(=O)c2c(nc3ccc(Br)cc3c2N)C1.Cl. The lowest BCUT2D eigenvalue weighted by molar-refractivity contribution is 0.0912. The number of nitrogens with zero attached hydrogens (tertiary/aromatic N) is 1. The van der Waals surface area contributed by atoms with Gasteiger partial charge in [-0.1, -0.05) is 29.8 Å². The highest BCUT2D eigenvalue weighted by atomic mass is 79.9. The number of Topliss-reactive ketones (excluding diaryl/α,β-unsaturated/α-hetero) is 1. The number of anilines is 1. The molecule has 0 saturated heterocycles. The number of aromatic nitrogens is 1. The van der Waals surface area contributed by atoms with E-state index in [2.05, 4.69) is 34.8 Å². The third-order valence-corrected chi connectivity index (χ3v) is 4.12. The van der Waals surface area contributed by atoms with Crippen molar-refractivity contribution in [2.24, 2.45) is 5.41 Å². The summed E-state index contributed by atoms with van der Waals surface area (Å²) in [6.07, 6.45) is 1.33. The number of carbonyl (C=O) groups excluding carboxylic acids is 1. The van der Waals surface area contributed by atoms with Gasteiger partial charge in [0.1, 0.15) is 0 Å². The third kappa shape index (κ3) is 2.42. The molecule has 0 radical (unpaired) electrons. The zero-order chi connectivity index (χ0) is 13.8. The number of nitrogen functional groups attached to an aromatic ring is 1. The van der Waals surface area contributed by atoms with Gasteiger partial charge in [0.15, 0.2) is 5.78 Å². The van der Waals surface area contributed by atoms with Gasteiger partial charge in [0, 0.05) is 16.3 Å². The van der Waals surface area contributed by atoms with Crippen LogP contribution in [0.2, 0.25) is 0 Å². The van der Waals surface area contributed by atoms with Crippen molar-refractivity contribution in [3.8, 4) is 0 Å². The topological polar surface area (TPSA) is 56.0 Å².